The molecule has 0 spiro atoms. The summed E-state index contributed by atoms with van der Waals surface area (Å²) in [5, 5.41) is 3.32. The van der Waals surface area contributed by atoms with Crippen LogP contribution in [0.2, 0.25) is 0 Å². The molecule has 2 fully saturated rings. The Hall–Kier alpha value is -3.62. The number of nitrogens with zero attached hydrogens (tertiary/aromatic N) is 4. The van der Waals surface area contributed by atoms with Crippen LogP contribution in [0.3, 0.4) is 0 Å². The summed E-state index contributed by atoms with van der Waals surface area (Å²) in [6.07, 6.45) is 0.527. The normalized spacial score (nSPS) is 23.5. The van der Waals surface area contributed by atoms with Gasteiger partial charge in [-0.2, -0.15) is 8.42 Å². The van der Waals surface area contributed by atoms with Gasteiger partial charge in [-0.1, -0.05) is 29.8 Å². The Bertz CT molecular complexity index is 1640. The van der Waals surface area contributed by atoms with Crippen molar-refractivity contribution in [2.75, 3.05) is 19.0 Å². The monoisotopic (exact) mass is 581 g/mol. The van der Waals surface area contributed by atoms with Gasteiger partial charge in [0.05, 0.1) is 24.9 Å². The summed E-state index contributed by atoms with van der Waals surface area (Å²) in [6, 6.07) is 14.2. The number of hydrogen-bond donors (Lipinski definition) is 1. The fraction of sp³-hybridized carbons (Fsp3) is 0.393. The molecule has 2 aliphatic heterocycles. The number of anilines is 1. The van der Waals surface area contributed by atoms with E-state index in [1.54, 1.807) is 44.0 Å². The van der Waals surface area contributed by atoms with Crippen LogP contribution in [-0.4, -0.2) is 65.8 Å². The van der Waals surface area contributed by atoms with Crippen LogP contribution in [0.15, 0.2) is 66.1 Å². The van der Waals surface area contributed by atoms with Gasteiger partial charge in [-0.15, -0.1) is 0 Å². The van der Waals surface area contributed by atoms with Crippen molar-refractivity contribution < 1.29 is 31.5 Å². The van der Waals surface area contributed by atoms with Gasteiger partial charge in [0.15, 0.2) is 29.0 Å². The molecular formula is C28H31N5O7S. The Labute approximate surface area is 237 Å². The Balaban J connectivity index is 1.22. The van der Waals surface area contributed by atoms with E-state index in [0.29, 0.717) is 23.5 Å². The number of methoxy groups -OCH3 is 1. The Morgan fingerprint density at radius 1 is 1.00 bits per heavy atom. The third-order valence-corrected chi connectivity index (χ3v) is 8.37. The zero-order chi connectivity index (χ0) is 28.8. The van der Waals surface area contributed by atoms with Gasteiger partial charge in [0.2, 0.25) is 0 Å². The molecule has 12 nitrogen and oxygen atoms in total. The van der Waals surface area contributed by atoms with Crippen molar-refractivity contribution in [3.05, 3.63) is 72.3 Å². The van der Waals surface area contributed by atoms with Gasteiger partial charge in [0, 0.05) is 6.54 Å². The lowest BCUT2D eigenvalue weighted by atomic mass is 10.1. The Morgan fingerprint density at radius 3 is 2.46 bits per heavy atom. The van der Waals surface area contributed by atoms with Crippen molar-refractivity contribution in [3.8, 4) is 5.75 Å². The molecule has 1 unspecified atom stereocenters. The number of aryl methyl sites for hydroxylation is 1. The van der Waals surface area contributed by atoms with E-state index in [4.69, 9.17) is 23.1 Å². The quantitative estimate of drug-likeness (QED) is 0.291. The van der Waals surface area contributed by atoms with E-state index in [9.17, 15) is 8.42 Å². The first-order valence-corrected chi connectivity index (χ1v) is 14.6. The first-order valence-electron chi connectivity index (χ1n) is 13.1. The smallest absolute Gasteiger partial charge is 0.297 e. The molecule has 4 heterocycles. The van der Waals surface area contributed by atoms with Crippen LogP contribution in [0.1, 0.15) is 31.2 Å². The average Bonchev–Trinajstić information content (AvgIpc) is 3.62. The minimum atomic E-state index is -4.00. The predicted octanol–water partition coefficient (Wildman–Crippen LogP) is 3.58. The summed E-state index contributed by atoms with van der Waals surface area (Å²) in [7, 11) is -2.37. The minimum Gasteiger partial charge on any atom is -0.497 e. The third kappa shape index (κ3) is 5.51. The zero-order valence-corrected chi connectivity index (χ0v) is 23.9. The van der Waals surface area contributed by atoms with Crippen LogP contribution in [0.25, 0.3) is 11.2 Å². The summed E-state index contributed by atoms with van der Waals surface area (Å²) in [5.74, 6) is 0.443. The Morgan fingerprint density at radius 2 is 1.73 bits per heavy atom. The van der Waals surface area contributed by atoms with E-state index in [1.165, 1.54) is 18.5 Å². The minimum absolute atomic E-state index is 0.0742. The molecule has 1 N–H and O–H groups in total. The highest BCUT2D eigenvalue weighted by Gasteiger charge is 2.56. The second-order valence-corrected chi connectivity index (χ2v) is 12.0. The summed E-state index contributed by atoms with van der Waals surface area (Å²) in [5.41, 5.74) is 3.08. The first-order chi connectivity index (χ1) is 19.6. The number of fused-ring (bicyclic) bond motifs is 2. The predicted molar refractivity (Wildman–Crippen MR) is 148 cm³/mol. The molecule has 13 heteroatoms. The van der Waals surface area contributed by atoms with Crippen LogP contribution in [0.4, 0.5) is 5.82 Å². The number of imidazole rings is 1. The van der Waals surface area contributed by atoms with Crippen molar-refractivity contribution in [3.63, 3.8) is 0 Å². The molecule has 2 aromatic carbocycles. The van der Waals surface area contributed by atoms with Crippen LogP contribution >= 0.6 is 0 Å². The highest BCUT2D eigenvalue weighted by molar-refractivity contribution is 7.86. The largest absolute Gasteiger partial charge is 0.497 e. The zero-order valence-electron chi connectivity index (χ0n) is 23.1. The van der Waals surface area contributed by atoms with Gasteiger partial charge < -0.3 is 24.3 Å². The first kappa shape index (κ1) is 27.5. The van der Waals surface area contributed by atoms with E-state index in [1.807, 2.05) is 31.2 Å². The highest BCUT2D eigenvalue weighted by atomic mass is 32.2. The van der Waals surface area contributed by atoms with E-state index in [2.05, 4.69) is 20.3 Å². The average molecular weight is 582 g/mol. The second-order valence-electron chi connectivity index (χ2n) is 10.4. The molecule has 41 heavy (non-hydrogen) atoms. The van der Waals surface area contributed by atoms with E-state index in [-0.39, 0.29) is 11.5 Å². The lowest BCUT2D eigenvalue weighted by Crippen LogP contribution is -2.33. The van der Waals surface area contributed by atoms with E-state index < -0.39 is 40.4 Å². The maximum atomic E-state index is 12.8. The molecule has 0 radical (unpaired) electrons. The molecule has 6 rings (SSSR count). The molecule has 216 valence electrons. The standard InChI is InChI=1S/C28H31N5O7S/c1-17-5-11-20(12-6-17)41(34,35)37-14-21-23-24(40-28(2,3)39-23)27(38-21)33-16-32-22-25(30-15-31-26(22)33)29-13-18-7-9-19(36-4)10-8-18/h5-12,15-16,21,23-24,27H,13-14H2,1-4H3,(H,29,30,31)/t21-,23?,24+,27-/m1/s1. The molecule has 2 aliphatic rings. The highest BCUT2D eigenvalue weighted by Crippen LogP contribution is 2.44. The SMILES string of the molecule is COc1ccc(CNc2ncnc3c2ncn3[C@@H]2O[C@H](COS(=O)(=O)c3ccc(C)cc3)C3OC(C)(C)O[C@@H]32)cc1. The maximum Gasteiger partial charge on any atom is 0.297 e. The number of ether oxygens (including phenoxy) is 4. The van der Waals surface area contributed by atoms with Crippen molar-refractivity contribution in [1.29, 1.82) is 0 Å². The van der Waals surface area contributed by atoms with Gasteiger partial charge in [0.1, 0.15) is 30.4 Å². The van der Waals surface area contributed by atoms with E-state index in [0.717, 1.165) is 16.9 Å². The van der Waals surface area contributed by atoms with Gasteiger partial charge in [-0.3, -0.25) is 8.75 Å². The fourth-order valence-corrected chi connectivity index (χ4v) is 5.96. The lowest BCUT2D eigenvalue weighted by Gasteiger charge is -2.24. The lowest BCUT2D eigenvalue weighted by molar-refractivity contribution is -0.198. The van der Waals surface area contributed by atoms with Gasteiger partial charge in [-0.05, 0) is 50.6 Å². The van der Waals surface area contributed by atoms with Crippen LogP contribution < -0.4 is 10.1 Å². The third-order valence-electron chi connectivity index (χ3n) is 7.07. The van der Waals surface area contributed by atoms with Gasteiger partial charge >= 0.3 is 0 Å². The summed E-state index contributed by atoms with van der Waals surface area (Å²) >= 11 is 0. The molecule has 2 saturated heterocycles. The number of nitrogens with one attached hydrogen (secondary N) is 1. The molecule has 4 aromatic rings. The summed E-state index contributed by atoms with van der Waals surface area (Å²) in [4.78, 5) is 13.5. The number of benzene rings is 2. The number of hydrogen-bond acceptors (Lipinski definition) is 11. The number of aromatic nitrogens is 4. The van der Waals surface area contributed by atoms with Gasteiger partial charge in [-0.25, -0.2) is 15.0 Å². The molecule has 0 saturated carbocycles. The van der Waals surface area contributed by atoms with Crippen LogP contribution in [0.5, 0.6) is 5.75 Å². The van der Waals surface area contributed by atoms with Crippen molar-refractivity contribution in [1.82, 2.24) is 19.5 Å². The number of rotatable bonds is 9. The molecule has 0 amide bonds. The summed E-state index contributed by atoms with van der Waals surface area (Å²) < 4.78 is 56.7. The van der Waals surface area contributed by atoms with Crippen molar-refractivity contribution in [2.24, 2.45) is 0 Å². The fourth-order valence-electron chi connectivity index (χ4n) is 5.04. The van der Waals surface area contributed by atoms with E-state index >= 15 is 0 Å². The topological polar surface area (TPSA) is 136 Å². The Kier molecular flexibility index (Phi) is 7.16. The molecule has 2 aromatic heterocycles. The maximum absolute atomic E-state index is 12.8. The van der Waals surface area contributed by atoms with Crippen molar-refractivity contribution >= 4 is 27.1 Å². The summed E-state index contributed by atoms with van der Waals surface area (Å²) in [6.45, 7) is 5.77. The van der Waals surface area contributed by atoms with Crippen molar-refractivity contribution in [2.45, 2.75) is 62.5 Å². The van der Waals surface area contributed by atoms with Gasteiger partial charge in [0.25, 0.3) is 10.1 Å². The molecular weight excluding hydrogens is 550 g/mol. The molecule has 4 atom stereocenters. The van der Waals surface area contributed by atoms with Crippen LogP contribution in [0, 0.1) is 6.92 Å². The molecule has 0 bridgehead atoms. The molecule has 0 aliphatic carbocycles. The van der Waals surface area contributed by atoms with Crippen LogP contribution in [-0.2, 0) is 35.1 Å². The second kappa shape index (κ2) is 10.7.